The van der Waals surface area contributed by atoms with Crippen molar-refractivity contribution in [2.45, 2.75) is 5.03 Å². The Morgan fingerprint density at radius 1 is 1.58 bits per heavy atom. The molecule has 1 aromatic rings. The smallest absolute Gasteiger partial charge is 0.232 e. The second kappa shape index (κ2) is 5.45. The van der Waals surface area contributed by atoms with Crippen LogP contribution in [-0.2, 0) is 4.79 Å². The van der Waals surface area contributed by atoms with Crippen LogP contribution in [0.3, 0.4) is 0 Å². The third-order valence-electron chi connectivity index (χ3n) is 0.954. The van der Waals surface area contributed by atoms with Gasteiger partial charge in [0, 0.05) is 6.20 Å². The number of hydrogen-bond acceptors (Lipinski definition) is 4. The summed E-state index contributed by atoms with van der Waals surface area (Å²) < 4.78 is 0. The summed E-state index contributed by atoms with van der Waals surface area (Å²) in [6.45, 7) is 0. The summed E-state index contributed by atoms with van der Waals surface area (Å²) in [6, 6.07) is 5.64. The monoisotopic (exact) mass is 219 g/mol. The van der Waals surface area contributed by atoms with Crippen LogP contribution in [0.5, 0.6) is 0 Å². The van der Waals surface area contributed by atoms with Crippen LogP contribution in [0.15, 0.2) is 29.4 Å². The van der Waals surface area contributed by atoms with Crippen LogP contribution in [0.2, 0.25) is 0 Å². The second-order valence-corrected chi connectivity index (χ2v) is 4.61. The van der Waals surface area contributed by atoms with Gasteiger partial charge in [-0.3, -0.25) is 4.79 Å². The van der Waals surface area contributed by atoms with Crippen molar-refractivity contribution >= 4 is 38.4 Å². The molecule has 0 aliphatic rings. The number of carbonyl (C=O) groups is 1. The van der Waals surface area contributed by atoms with Crippen molar-refractivity contribution in [1.29, 1.82) is 0 Å². The van der Waals surface area contributed by atoms with Gasteiger partial charge in [-0.15, -0.1) is 0 Å². The minimum Gasteiger partial charge on any atom is -0.280 e. The molecule has 0 aliphatic carbocycles. The minimum absolute atomic E-state index is 0.308. The molecular formula is C7H6ClNOS2. The summed E-state index contributed by atoms with van der Waals surface area (Å²) >= 11 is 5.15. The Labute approximate surface area is 83.5 Å². The van der Waals surface area contributed by atoms with E-state index < -0.39 is 0 Å². The molecule has 0 N–H and O–H groups in total. The van der Waals surface area contributed by atoms with Gasteiger partial charge in [-0.1, -0.05) is 16.9 Å². The van der Waals surface area contributed by atoms with Gasteiger partial charge in [-0.25, -0.2) is 4.98 Å². The molecule has 1 aromatic heterocycles. The van der Waals surface area contributed by atoms with Crippen molar-refractivity contribution in [3.8, 4) is 0 Å². The number of hydrogen-bond donors (Lipinski definition) is 0. The predicted octanol–water partition coefficient (Wildman–Crippen LogP) is 2.59. The van der Waals surface area contributed by atoms with Crippen LogP contribution >= 0.6 is 33.2 Å². The lowest BCUT2D eigenvalue weighted by atomic mass is 10.5. The second-order valence-electron chi connectivity index (χ2n) is 1.87. The molecule has 0 aromatic carbocycles. The highest BCUT2D eigenvalue weighted by Gasteiger charge is 1.98. The molecule has 0 amide bonds. The average Bonchev–Trinajstić information content (AvgIpc) is 2.05. The van der Waals surface area contributed by atoms with Gasteiger partial charge < -0.3 is 0 Å². The number of rotatable bonds is 4. The van der Waals surface area contributed by atoms with Gasteiger partial charge in [0.2, 0.25) is 5.24 Å². The largest absolute Gasteiger partial charge is 0.280 e. The van der Waals surface area contributed by atoms with Gasteiger partial charge in [-0.2, -0.15) is 0 Å². The van der Waals surface area contributed by atoms with Crippen molar-refractivity contribution in [3.05, 3.63) is 24.4 Å². The van der Waals surface area contributed by atoms with Crippen LogP contribution in [-0.4, -0.2) is 16.0 Å². The molecule has 0 radical (unpaired) electrons. The summed E-state index contributed by atoms with van der Waals surface area (Å²) in [5.74, 6) is 0.308. The third-order valence-corrected chi connectivity index (χ3v) is 3.38. The molecular weight excluding hydrogens is 214 g/mol. The summed E-state index contributed by atoms with van der Waals surface area (Å²) in [7, 11) is 2.84. The zero-order chi connectivity index (χ0) is 8.81. The number of pyridine rings is 1. The molecule has 0 aliphatic heterocycles. The van der Waals surface area contributed by atoms with E-state index in [-0.39, 0.29) is 5.24 Å². The van der Waals surface area contributed by atoms with Crippen LogP contribution in [0.25, 0.3) is 0 Å². The number of nitrogens with zero attached hydrogens (tertiary/aromatic N) is 1. The molecule has 64 valence electrons. The lowest BCUT2D eigenvalue weighted by Gasteiger charge is -1.95. The van der Waals surface area contributed by atoms with Crippen LogP contribution in [0.1, 0.15) is 0 Å². The first-order valence-corrected chi connectivity index (χ1v) is 5.87. The van der Waals surface area contributed by atoms with Crippen molar-refractivity contribution < 1.29 is 4.79 Å². The lowest BCUT2D eigenvalue weighted by Crippen LogP contribution is -1.86. The molecule has 12 heavy (non-hydrogen) atoms. The Balaban J connectivity index is 2.29. The van der Waals surface area contributed by atoms with Gasteiger partial charge in [0.1, 0.15) is 5.03 Å². The Morgan fingerprint density at radius 3 is 3.00 bits per heavy atom. The minimum atomic E-state index is -0.330. The fraction of sp³-hybridized carbons (Fsp3) is 0.143. The van der Waals surface area contributed by atoms with Gasteiger partial charge in [-0.05, 0) is 34.5 Å². The highest BCUT2D eigenvalue weighted by Crippen LogP contribution is 2.28. The first-order chi connectivity index (χ1) is 5.79. The molecule has 0 saturated heterocycles. The first kappa shape index (κ1) is 9.89. The molecule has 0 spiro atoms. The van der Waals surface area contributed by atoms with E-state index in [2.05, 4.69) is 4.98 Å². The first-order valence-electron chi connectivity index (χ1n) is 3.18. The van der Waals surface area contributed by atoms with E-state index in [4.69, 9.17) is 11.6 Å². The number of aromatic nitrogens is 1. The van der Waals surface area contributed by atoms with Crippen LogP contribution < -0.4 is 0 Å². The molecule has 0 atom stereocenters. The Bertz CT molecular complexity index is 255. The predicted molar refractivity (Wildman–Crippen MR) is 53.4 cm³/mol. The van der Waals surface area contributed by atoms with Gasteiger partial charge in [0.05, 0.1) is 5.75 Å². The topological polar surface area (TPSA) is 30.0 Å². The molecule has 0 bridgehead atoms. The molecule has 2 nitrogen and oxygen atoms in total. The maximum Gasteiger partial charge on any atom is 0.232 e. The van der Waals surface area contributed by atoms with Crippen molar-refractivity contribution in [2.75, 3.05) is 5.75 Å². The van der Waals surface area contributed by atoms with Crippen LogP contribution in [0, 0.1) is 0 Å². The van der Waals surface area contributed by atoms with E-state index in [0.717, 1.165) is 5.03 Å². The summed E-state index contributed by atoms with van der Waals surface area (Å²) in [5.41, 5.74) is 0. The summed E-state index contributed by atoms with van der Waals surface area (Å²) in [5, 5.41) is 0.559. The van der Waals surface area contributed by atoms with Gasteiger partial charge in [0.15, 0.2) is 0 Å². The van der Waals surface area contributed by atoms with E-state index in [0.29, 0.717) is 5.75 Å². The van der Waals surface area contributed by atoms with E-state index in [9.17, 15) is 4.79 Å². The van der Waals surface area contributed by atoms with E-state index >= 15 is 0 Å². The van der Waals surface area contributed by atoms with Crippen molar-refractivity contribution in [2.24, 2.45) is 0 Å². The van der Waals surface area contributed by atoms with E-state index in [1.165, 1.54) is 21.6 Å². The summed E-state index contributed by atoms with van der Waals surface area (Å²) in [4.78, 5) is 14.4. The normalized spacial score (nSPS) is 9.75. The maximum absolute atomic E-state index is 10.3. The Morgan fingerprint density at radius 2 is 2.42 bits per heavy atom. The molecule has 1 heterocycles. The molecule has 5 heteroatoms. The summed E-state index contributed by atoms with van der Waals surface area (Å²) in [6.07, 6.45) is 1.71. The fourth-order valence-electron chi connectivity index (χ4n) is 0.533. The highest BCUT2D eigenvalue weighted by molar-refractivity contribution is 8.76. The average molecular weight is 220 g/mol. The molecule has 1 rings (SSSR count). The maximum atomic E-state index is 10.3. The third kappa shape index (κ3) is 3.99. The SMILES string of the molecule is O=C(Cl)CSSc1ccccn1. The quantitative estimate of drug-likeness (QED) is 0.575. The van der Waals surface area contributed by atoms with Gasteiger partial charge >= 0.3 is 0 Å². The Kier molecular flexibility index (Phi) is 4.50. The number of carbonyl (C=O) groups excluding carboxylic acids is 1. The molecule has 0 unspecified atom stereocenters. The zero-order valence-corrected chi connectivity index (χ0v) is 8.46. The van der Waals surface area contributed by atoms with Gasteiger partial charge in [0.25, 0.3) is 0 Å². The van der Waals surface area contributed by atoms with E-state index in [1.54, 1.807) is 6.20 Å². The zero-order valence-electron chi connectivity index (χ0n) is 6.07. The Hall–Kier alpha value is -0.190. The standard InChI is InChI=1S/C7H6ClNOS2/c8-6(10)5-11-12-7-3-1-2-4-9-7/h1-4H,5H2. The van der Waals surface area contributed by atoms with Crippen molar-refractivity contribution in [3.63, 3.8) is 0 Å². The molecule has 0 saturated carbocycles. The molecule has 0 fully saturated rings. The highest BCUT2D eigenvalue weighted by atomic mass is 35.5. The van der Waals surface area contributed by atoms with Crippen LogP contribution in [0.4, 0.5) is 0 Å². The van der Waals surface area contributed by atoms with E-state index in [1.807, 2.05) is 18.2 Å². The number of halogens is 1. The van der Waals surface area contributed by atoms with Crippen molar-refractivity contribution in [1.82, 2.24) is 4.98 Å². The lowest BCUT2D eigenvalue weighted by molar-refractivity contribution is -0.109. The fourth-order valence-corrected chi connectivity index (χ4v) is 2.56.